The number of hydrogen-bond donors (Lipinski definition) is 1. The summed E-state index contributed by atoms with van der Waals surface area (Å²) in [6.45, 7) is 1.85. The second kappa shape index (κ2) is 5.81. The van der Waals surface area contributed by atoms with Gasteiger partial charge >= 0.3 is 0 Å². The summed E-state index contributed by atoms with van der Waals surface area (Å²) in [5.74, 6) is 0.337. The van der Waals surface area contributed by atoms with E-state index in [4.69, 9.17) is 4.74 Å². The van der Waals surface area contributed by atoms with Crippen LogP contribution in [0.5, 0.6) is 5.75 Å². The van der Waals surface area contributed by atoms with Crippen molar-refractivity contribution in [1.29, 1.82) is 0 Å². The molecule has 0 saturated carbocycles. The van der Waals surface area contributed by atoms with Gasteiger partial charge in [-0.25, -0.2) is 4.98 Å². The van der Waals surface area contributed by atoms with Crippen LogP contribution in [0.25, 0.3) is 11.0 Å². The highest BCUT2D eigenvalue weighted by Crippen LogP contribution is 2.24. The average Bonchev–Trinajstić information content (AvgIpc) is 2.54. The minimum atomic E-state index is -0.271. The fourth-order valence-electron chi connectivity index (χ4n) is 2.26. The predicted octanol–water partition coefficient (Wildman–Crippen LogP) is 3.20. The maximum Gasteiger partial charge on any atom is 0.274 e. The molecule has 0 aliphatic rings. The minimum Gasteiger partial charge on any atom is -0.495 e. The van der Waals surface area contributed by atoms with Gasteiger partial charge in [-0.15, -0.1) is 0 Å². The van der Waals surface area contributed by atoms with Gasteiger partial charge in [0.25, 0.3) is 5.91 Å². The number of para-hydroxylation sites is 2. The van der Waals surface area contributed by atoms with Crippen molar-refractivity contribution in [3.63, 3.8) is 0 Å². The van der Waals surface area contributed by atoms with Crippen molar-refractivity contribution < 1.29 is 9.53 Å². The van der Waals surface area contributed by atoms with E-state index >= 15 is 0 Å². The molecule has 5 nitrogen and oxygen atoms in total. The number of nitrogens with zero attached hydrogens (tertiary/aromatic N) is 2. The van der Waals surface area contributed by atoms with Crippen molar-refractivity contribution >= 4 is 22.6 Å². The van der Waals surface area contributed by atoms with E-state index in [0.717, 1.165) is 11.1 Å². The number of hydrogen-bond acceptors (Lipinski definition) is 4. The van der Waals surface area contributed by atoms with Crippen molar-refractivity contribution in [1.82, 2.24) is 9.97 Å². The first kappa shape index (κ1) is 14.0. The zero-order valence-corrected chi connectivity index (χ0v) is 12.3. The minimum absolute atomic E-state index is 0.271. The summed E-state index contributed by atoms with van der Waals surface area (Å²) in [6.07, 6.45) is 1.71. The van der Waals surface area contributed by atoms with Crippen molar-refractivity contribution in [3.05, 3.63) is 59.9 Å². The second-order valence-electron chi connectivity index (χ2n) is 4.85. The third-order valence-electron chi connectivity index (χ3n) is 3.35. The maximum absolute atomic E-state index is 12.5. The lowest BCUT2D eigenvalue weighted by Gasteiger charge is -2.11. The second-order valence-corrected chi connectivity index (χ2v) is 4.85. The van der Waals surface area contributed by atoms with Crippen molar-refractivity contribution in [2.45, 2.75) is 6.92 Å². The van der Waals surface area contributed by atoms with E-state index in [1.165, 1.54) is 0 Å². The number of amides is 1. The molecule has 1 aromatic carbocycles. The van der Waals surface area contributed by atoms with Crippen LogP contribution in [0.15, 0.2) is 48.7 Å². The van der Waals surface area contributed by atoms with Crippen LogP contribution in [0.3, 0.4) is 0 Å². The van der Waals surface area contributed by atoms with Gasteiger partial charge in [-0.3, -0.25) is 9.78 Å². The van der Waals surface area contributed by atoms with E-state index < -0.39 is 0 Å². The molecule has 0 aliphatic heterocycles. The molecule has 0 unspecified atom stereocenters. The average molecular weight is 293 g/mol. The van der Waals surface area contributed by atoms with Crippen LogP contribution in [-0.2, 0) is 0 Å². The van der Waals surface area contributed by atoms with E-state index in [-0.39, 0.29) is 5.91 Å². The van der Waals surface area contributed by atoms with Gasteiger partial charge in [0.2, 0.25) is 0 Å². The van der Waals surface area contributed by atoms with Crippen LogP contribution < -0.4 is 10.1 Å². The van der Waals surface area contributed by atoms with Crippen LogP contribution in [0.4, 0.5) is 5.69 Å². The first-order valence-electron chi connectivity index (χ1n) is 6.86. The molecule has 2 heterocycles. The summed E-state index contributed by atoms with van der Waals surface area (Å²) >= 11 is 0. The quantitative estimate of drug-likeness (QED) is 0.805. The Balaban J connectivity index is 1.97. The normalized spacial score (nSPS) is 10.5. The fourth-order valence-corrected chi connectivity index (χ4v) is 2.26. The SMILES string of the molecule is COc1ccccc1NC(=O)c1nc2cccnc2cc1C. The van der Waals surface area contributed by atoms with Gasteiger partial charge in [0.15, 0.2) is 0 Å². The lowest BCUT2D eigenvalue weighted by atomic mass is 10.1. The number of methoxy groups -OCH3 is 1. The topological polar surface area (TPSA) is 64.1 Å². The highest BCUT2D eigenvalue weighted by Gasteiger charge is 2.14. The van der Waals surface area contributed by atoms with Gasteiger partial charge < -0.3 is 10.1 Å². The molecule has 0 bridgehead atoms. The number of pyridine rings is 2. The maximum atomic E-state index is 12.5. The Labute approximate surface area is 128 Å². The molecule has 3 aromatic rings. The van der Waals surface area contributed by atoms with Gasteiger partial charge in [0.1, 0.15) is 11.4 Å². The lowest BCUT2D eigenvalue weighted by molar-refractivity contribution is 0.102. The Bertz CT molecular complexity index is 846. The number of carbonyl (C=O) groups is 1. The first-order chi connectivity index (χ1) is 10.7. The molecule has 3 rings (SSSR count). The number of benzene rings is 1. The lowest BCUT2D eigenvalue weighted by Crippen LogP contribution is -2.16. The van der Waals surface area contributed by atoms with Gasteiger partial charge in [-0.05, 0) is 42.8 Å². The number of anilines is 1. The highest BCUT2D eigenvalue weighted by atomic mass is 16.5. The number of aromatic nitrogens is 2. The molecular weight excluding hydrogens is 278 g/mol. The molecule has 0 atom stereocenters. The third-order valence-corrected chi connectivity index (χ3v) is 3.35. The van der Waals surface area contributed by atoms with Gasteiger partial charge in [-0.1, -0.05) is 12.1 Å². The molecule has 22 heavy (non-hydrogen) atoms. The largest absolute Gasteiger partial charge is 0.495 e. The summed E-state index contributed by atoms with van der Waals surface area (Å²) in [5, 5.41) is 2.84. The van der Waals surface area contributed by atoms with E-state index in [1.54, 1.807) is 31.5 Å². The molecule has 1 N–H and O–H groups in total. The van der Waals surface area contributed by atoms with Gasteiger partial charge in [0, 0.05) is 6.20 Å². The first-order valence-corrected chi connectivity index (χ1v) is 6.86. The smallest absolute Gasteiger partial charge is 0.274 e. The molecule has 0 radical (unpaired) electrons. The fraction of sp³-hybridized carbons (Fsp3) is 0.118. The number of ether oxygens (including phenoxy) is 1. The molecule has 110 valence electrons. The molecule has 1 amide bonds. The molecule has 5 heteroatoms. The van der Waals surface area contributed by atoms with Crippen molar-refractivity contribution in [2.75, 3.05) is 12.4 Å². The zero-order chi connectivity index (χ0) is 15.5. The predicted molar refractivity (Wildman–Crippen MR) is 85.2 cm³/mol. The summed E-state index contributed by atoms with van der Waals surface area (Å²) in [4.78, 5) is 21.1. The van der Waals surface area contributed by atoms with Crippen molar-refractivity contribution in [2.24, 2.45) is 0 Å². The zero-order valence-electron chi connectivity index (χ0n) is 12.3. The van der Waals surface area contributed by atoms with Gasteiger partial charge in [0.05, 0.1) is 23.8 Å². The molecule has 2 aromatic heterocycles. The van der Waals surface area contributed by atoms with Crippen molar-refractivity contribution in [3.8, 4) is 5.75 Å². The van der Waals surface area contributed by atoms with E-state index in [1.807, 2.05) is 31.2 Å². The van der Waals surface area contributed by atoms with Crippen LogP contribution in [0.2, 0.25) is 0 Å². The molecule has 0 aliphatic carbocycles. The van der Waals surface area contributed by atoms with E-state index in [9.17, 15) is 4.79 Å². The Kier molecular flexibility index (Phi) is 3.70. The van der Waals surface area contributed by atoms with E-state index in [0.29, 0.717) is 22.6 Å². The highest BCUT2D eigenvalue weighted by molar-refractivity contribution is 6.05. The summed E-state index contributed by atoms with van der Waals surface area (Å²) in [6, 6.07) is 12.8. The van der Waals surface area contributed by atoms with Crippen LogP contribution in [0, 0.1) is 6.92 Å². The summed E-state index contributed by atoms with van der Waals surface area (Å²) < 4.78 is 5.24. The Morgan fingerprint density at radius 2 is 1.95 bits per heavy atom. The summed E-state index contributed by atoms with van der Waals surface area (Å²) in [7, 11) is 1.57. The standard InChI is InChI=1S/C17H15N3O2/c1-11-10-14-12(7-5-9-18-14)19-16(11)17(21)20-13-6-3-4-8-15(13)22-2/h3-10H,1-2H3,(H,20,21). The molecular formula is C17H15N3O2. The third kappa shape index (κ3) is 2.61. The Hall–Kier alpha value is -2.95. The van der Waals surface area contributed by atoms with Gasteiger partial charge in [-0.2, -0.15) is 0 Å². The Morgan fingerprint density at radius 1 is 1.14 bits per heavy atom. The summed E-state index contributed by atoms with van der Waals surface area (Å²) in [5.41, 5.74) is 3.24. The Morgan fingerprint density at radius 3 is 2.77 bits per heavy atom. The van der Waals surface area contributed by atoms with Crippen LogP contribution >= 0.6 is 0 Å². The van der Waals surface area contributed by atoms with E-state index in [2.05, 4.69) is 15.3 Å². The van der Waals surface area contributed by atoms with Crippen LogP contribution in [-0.4, -0.2) is 23.0 Å². The number of carbonyl (C=O) groups excluding carboxylic acids is 1. The molecule has 0 saturated heterocycles. The molecule has 0 fully saturated rings. The molecule has 0 spiro atoms. The number of aryl methyl sites for hydroxylation is 1. The number of nitrogens with one attached hydrogen (secondary N) is 1. The number of fused-ring (bicyclic) bond motifs is 1. The number of rotatable bonds is 3. The monoisotopic (exact) mass is 293 g/mol. The van der Waals surface area contributed by atoms with Crippen LogP contribution in [0.1, 0.15) is 16.1 Å².